The lowest BCUT2D eigenvalue weighted by atomic mass is 9.77. The third-order valence-corrected chi connectivity index (χ3v) is 5.09. The van der Waals surface area contributed by atoms with Crippen LogP contribution in [0.4, 0.5) is 5.82 Å². The molecule has 0 amide bonds. The quantitative estimate of drug-likeness (QED) is 0.861. The van der Waals surface area contributed by atoms with E-state index in [1.807, 2.05) is 18.6 Å². The van der Waals surface area contributed by atoms with Gasteiger partial charge < -0.3 is 10.0 Å². The SMILES string of the molecule is O[C@@H]1CCC[C@@]12CCCN(c1cncc3nccn13)C2. The van der Waals surface area contributed by atoms with Gasteiger partial charge in [0.05, 0.1) is 18.5 Å². The van der Waals surface area contributed by atoms with Crippen LogP contribution in [0.2, 0.25) is 0 Å². The van der Waals surface area contributed by atoms with Crippen LogP contribution in [-0.4, -0.2) is 38.7 Å². The summed E-state index contributed by atoms with van der Waals surface area (Å²) in [5.74, 6) is 1.10. The first-order valence-corrected chi connectivity index (χ1v) is 7.49. The maximum Gasteiger partial charge on any atom is 0.156 e. The number of hydrogen-bond donors (Lipinski definition) is 1. The summed E-state index contributed by atoms with van der Waals surface area (Å²) in [4.78, 5) is 11.0. The monoisotopic (exact) mass is 272 g/mol. The molecule has 0 unspecified atom stereocenters. The lowest BCUT2D eigenvalue weighted by molar-refractivity contribution is 0.0407. The fourth-order valence-electron chi connectivity index (χ4n) is 4.02. The molecule has 5 nitrogen and oxygen atoms in total. The summed E-state index contributed by atoms with van der Waals surface area (Å²) in [6.07, 6.45) is 12.9. The van der Waals surface area contributed by atoms with Crippen LogP contribution in [0, 0.1) is 5.41 Å². The largest absolute Gasteiger partial charge is 0.392 e. The topological polar surface area (TPSA) is 53.7 Å². The Kier molecular flexibility index (Phi) is 2.70. The highest BCUT2D eigenvalue weighted by Crippen LogP contribution is 2.45. The lowest BCUT2D eigenvalue weighted by Crippen LogP contribution is -2.47. The fourth-order valence-corrected chi connectivity index (χ4v) is 4.02. The van der Waals surface area contributed by atoms with Crippen LogP contribution < -0.4 is 4.90 Å². The Bertz CT molecular complexity index is 625. The Labute approximate surface area is 118 Å². The van der Waals surface area contributed by atoms with E-state index in [0.29, 0.717) is 0 Å². The highest BCUT2D eigenvalue weighted by Gasteiger charge is 2.45. The predicted molar refractivity (Wildman–Crippen MR) is 76.7 cm³/mol. The van der Waals surface area contributed by atoms with Crippen molar-refractivity contribution in [2.24, 2.45) is 5.41 Å². The average Bonchev–Trinajstić information content (AvgIpc) is 3.07. The van der Waals surface area contributed by atoms with Gasteiger partial charge >= 0.3 is 0 Å². The van der Waals surface area contributed by atoms with Crippen molar-refractivity contribution in [2.75, 3.05) is 18.0 Å². The van der Waals surface area contributed by atoms with E-state index in [9.17, 15) is 5.11 Å². The van der Waals surface area contributed by atoms with Crippen molar-refractivity contribution in [3.63, 3.8) is 0 Å². The van der Waals surface area contributed by atoms with E-state index in [4.69, 9.17) is 0 Å². The molecular formula is C15H20N4O. The fraction of sp³-hybridized carbons (Fsp3) is 0.600. The maximum atomic E-state index is 10.4. The molecule has 0 bridgehead atoms. The van der Waals surface area contributed by atoms with Crippen molar-refractivity contribution >= 4 is 11.5 Å². The van der Waals surface area contributed by atoms with Gasteiger partial charge in [-0.15, -0.1) is 0 Å². The number of imidazole rings is 1. The Balaban J connectivity index is 1.70. The molecule has 1 aliphatic heterocycles. The van der Waals surface area contributed by atoms with Crippen LogP contribution >= 0.6 is 0 Å². The van der Waals surface area contributed by atoms with Gasteiger partial charge in [-0.25, -0.2) is 4.98 Å². The third kappa shape index (κ3) is 1.73. The van der Waals surface area contributed by atoms with Gasteiger partial charge in [-0.1, -0.05) is 6.42 Å². The molecule has 0 radical (unpaired) electrons. The highest BCUT2D eigenvalue weighted by atomic mass is 16.3. The smallest absolute Gasteiger partial charge is 0.156 e. The Hall–Kier alpha value is -1.62. The Morgan fingerprint density at radius 1 is 1.25 bits per heavy atom. The molecular weight excluding hydrogens is 252 g/mol. The number of nitrogens with zero attached hydrogens (tertiary/aromatic N) is 4. The van der Waals surface area contributed by atoms with E-state index >= 15 is 0 Å². The normalized spacial score (nSPS) is 30.4. The molecule has 20 heavy (non-hydrogen) atoms. The molecule has 2 aromatic heterocycles. The number of piperidine rings is 1. The van der Waals surface area contributed by atoms with E-state index < -0.39 is 0 Å². The molecule has 3 heterocycles. The average molecular weight is 272 g/mol. The van der Waals surface area contributed by atoms with Gasteiger partial charge in [0.2, 0.25) is 0 Å². The second kappa shape index (κ2) is 4.45. The molecule has 0 aromatic carbocycles. The highest BCUT2D eigenvalue weighted by molar-refractivity contribution is 5.49. The molecule has 2 aliphatic rings. The van der Waals surface area contributed by atoms with Crippen molar-refractivity contribution in [1.82, 2.24) is 14.4 Å². The number of aliphatic hydroxyl groups excluding tert-OH is 1. The molecule has 106 valence electrons. The summed E-state index contributed by atoms with van der Waals surface area (Å²) < 4.78 is 2.09. The second-order valence-electron chi connectivity index (χ2n) is 6.22. The van der Waals surface area contributed by atoms with E-state index in [2.05, 4.69) is 19.3 Å². The van der Waals surface area contributed by atoms with Crippen LogP contribution in [0.25, 0.3) is 5.65 Å². The van der Waals surface area contributed by atoms with Crippen LogP contribution in [-0.2, 0) is 0 Å². The molecule has 2 fully saturated rings. The second-order valence-corrected chi connectivity index (χ2v) is 6.22. The van der Waals surface area contributed by atoms with Gasteiger partial charge in [-0.3, -0.25) is 9.38 Å². The number of fused-ring (bicyclic) bond motifs is 1. The van der Waals surface area contributed by atoms with Gasteiger partial charge in [0.15, 0.2) is 5.65 Å². The van der Waals surface area contributed by atoms with Gasteiger partial charge in [0, 0.05) is 30.9 Å². The molecule has 4 rings (SSSR count). The van der Waals surface area contributed by atoms with Crippen molar-refractivity contribution in [1.29, 1.82) is 0 Å². The van der Waals surface area contributed by atoms with Gasteiger partial charge in [-0.2, -0.15) is 0 Å². The lowest BCUT2D eigenvalue weighted by Gasteiger charge is -2.43. The standard InChI is InChI=1S/C15H20N4O/c20-12-3-1-4-15(12)5-2-7-18(11-15)14-10-16-9-13-17-6-8-19(13)14/h6,8-10,12,20H,1-5,7,11H2/t12-,15+/m1/s1. The predicted octanol–water partition coefficient (Wildman–Crippen LogP) is 1.86. The Morgan fingerprint density at radius 2 is 2.15 bits per heavy atom. The maximum absolute atomic E-state index is 10.4. The first kappa shape index (κ1) is 12.1. The third-order valence-electron chi connectivity index (χ3n) is 5.09. The molecule has 1 N–H and O–H groups in total. The van der Waals surface area contributed by atoms with Crippen LogP contribution in [0.15, 0.2) is 24.8 Å². The summed E-state index contributed by atoms with van der Waals surface area (Å²) in [5.41, 5.74) is 0.982. The van der Waals surface area contributed by atoms with Crippen molar-refractivity contribution in [2.45, 2.75) is 38.2 Å². The summed E-state index contributed by atoms with van der Waals surface area (Å²) >= 11 is 0. The van der Waals surface area contributed by atoms with E-state index in [1.165, 1.54) is 0 Å². The summed E-state index contributed by atoms with van der Waals surface area (Å²) in [6, 6.07) is 0. The Morgan fingerprint density at radius 3 is 3.00 bits per heavy atom. The zero-order valence-corrected chi connectivity index (χ0v) is 11.6. The molecule has 2 atom stereocenters. The number of rotatable bonds is 1. The zero-order chi connectivity index (χ0) is 13.6. The molecule has 1 saturated heterocycles. The molecule has 1 saturated carbocycles. The van der Waals surface area contributed by atoms with Gasteiger partial charge in [-0.05, 0) is 25.7 Å². The summed E-state index contributed by atoms with van der Waals surface area (Å²) in [5, 5.41) is 10.4. The molecule has 1 spiro atoms. The van der Waals surface area contributed by atoms with Crippen LogP contribution in [0.3, 0.4) is 0 Å². The van der Waals surface area contributed by atoms with Gasteiger partial charge in [0.25, 0.3) is 0 Å². The number of aromatic nitrogens is 3. The summed E-state index contributed by atoms with van der Waals surface area (Å²) in [6.45, 7) is 1.97. The van der Waals surface area contributed by atoms with E-state index in [0.717, 1.165) is 56.7 Å². The molecule has 2 aromatic rings. The van der Waals surface area contributed by atoms with Crippen molar-refractivity contribution < 1.29 is 5.11 Å². The van der Waals surface area contributed by atoms with Crippen molar-refractivity contribution in [3.05, 3.63) is 24.8 Å². The van der Waals surface area contributed by atoms with E-state index in [1.54, 1.807) is 6.20 Å². The minimum atomic E-state index is -0.139. The van der Waals surface area contributed by atoms with Crippen molar-refractivity contribution in [3.8, 4) is 0 Å². The minimum Gasteiger partial charge on any atom is -0.392 e. The molecule has 5 heteroatoms. The minimum absolute atomic E-state index is 0.0982. The van der Waals surface area contributed by atoms with Gasteiger partial charge in [0.1, 0.15) is 5.82 Å². The number of anilines is 1. The van der Waals surface area contributed by atoms with E-state index in [-0.39, 0.29) is 11.5 Å². The molecule has 1 aliphatic carbocycles. The number of hydrogen-bond acceptors (Lipinski definition) is 4. The first-order chi connectivity index (χ1) is 9.78. The summed E-state index contributed by atoms with van der Waals surface area (Å²) in [7, 11) is 0. The zero-order valence-electron chi connectivity index (χ0n) is 11.6. The van der Waals surface area contributed by atoms with Crippen LogP contribution in [0.5, 0.6) is 0 Å². The van der Waals surface area contributed by atoms with Crippen LogP contribution in [0.1, 0.15) is 32.1 Å². The first-order valence-electron chi connectivity index (χ1n) is 7.49. The number of aliphatic hydroxyl groups is 1.